The van der Waals surface area contributed by atoms with Crippen LogP contribution in [0.1, 0.15) is 29.5 Å². The number of hydrogen-bond donors (Lipinski definition) is 2. The maximum Gasteiger partial charge on any atom is 0.176 e. The topological polar surface area (TPSA) is 43.7 Å². The molecule has 124 valence electrons. The van der Waals surface area contributed by atoms with E-state index in [0.29, 0.717) is 0 Å². The van der Waals surface area contributed by atoms with Crippen molar-refractivity contribution < 1.29 is 10.2 Å². The molecule has 5 heteroatoms. The number of hydrogen-bond acceptors (Lipinski definition) is 3. The normalized spacial score (nSPS) is 17.9. The van der Waals surface area contributed by atoms with E-state index >= 15 is 0 Å². The maximum absolute atomic E-state index is 9.99. The van der Waals surface area contributed by atoms with E-state index in [2.05, 4.69) is 24.0 Å². The first-order chi connectivity index (χ1) is 10.6. The number of likely N-dealkylation sites (N-methyl/N-ethyl adjacent to an activating group) is 1. The Morgan fingerprint density at radius 1 is 1.22 bits per heavy atom. The van der Waals surface area contributed by atoms with Gasteiger partial charge in [-0.25, -0.2) is 0 Å². The molecule has 0 saturated carbocycles. The Bertz CT molecular complexity index is 678. The van der Waals surface area contributed by atoms with Crippen molar-refractivity contribution in [3.05, 3.63) is 58.1 Å². The molecule has 3 nitrogen and oxygen atoms in total. The molecule has 2 aromatic rings. The van der Waals surface area contributed by atoms with Gasteiger partial charge in [-0.2, -0.15) is 0 Å². The van der Waals surface area contributed by atoms with Crippen LogP contribution in [0.15, 0.2) is 36.4 Å². The van der Waals surface area contributed by atoms with Crippen molar-refractivity contribution in [2.24, 2.45) is 0 Å². The number of phenols is 2. The number of phenolic OH excluding ortho intramolecular Hbond substituents is 2. The first kappa shape index (κ1) is 18.1. The summed E-state index contributed by atoms with van der Waals surface area (Å²) >= 11 is 6.30. The minimum atomic E-state index is -0.211. The van der Waals surface area contributed by atoms with Crippen LogP contribution in [0.3, 0.4) is 0 Å². The molecule has 1 aliphatic rings. The Hall–Kier alpha value is -1.23. The molecule has 0 spiro atoms. The lowest BCUT2D eigenvalue weighted by molar-refractivity contribution is 0.291. The van der Waals surface area contributed by atoms with E-state index in [4.69, 9.17) is 11.6 Å². The first-order valence-corrected chi connectivity index (χ1v) is 8.00. The molecular weight excluding hydrogens is 378 g/mol. The smallest absolute Gasteiger partial charge is 0.176 e. The molecule has 2 aromatic carbocycles. The molecule has 1 atom stereocenters. The molecule has 1 aliphatic heterocycles. The predicted molar refractivity (Wildman–Crippen MR) is 99.2 cm³/mol. The third-order valence-corrected chi connectivity index (χ3v) is 4.91. The highest BCUT2D eigenvalue weighted by atomic mass is 79.9. The summed E-state index contributed by atoms with van der Waals surface area (Å²) in [5.41, 5.74) is 3.16. The molecule has 0 saturated heterocycles. The third-order valence-electron chi connectivity index (χ3n) is 4.50. The van der Waals surface area contributed by atoms with E-state index in [9.17, 15) is 10.2 Å². The summed E-state index contributed by atoms with van der Waals surface area (Å²) in [6, 6.07) is 11.9. The molecule has 2 N–H and O–H groups in total. The molecule has 0 radical (unpaired) electrons. The second-order valence-corrected chi connectivity index (χ2v) is 6.11. The lowest BCUT2D eigenvalue weighted by atomic mass is 9.87. The molecule has 0 aromatic heterocycles. The maximum atomic E-state index is 9.99. The largest absolute Gasteiger partial charge is 0.504 e. The summed E-state index contributed by atoms with van der Waals surface area (Å²) < 4.78 is 0. The lowest BCUT2D eigenvalue weighted by Crippen LogP contribution is -2.28. The lowest BCUT2D eigenvalue weighted by Gasteiger charge is -2.24. The van der Waals surface area contributed by atoms with E-state index in [0.717, 1.165) is 37.2 Å². The molecule has 0 fully saturated rings. The molecule has 23 heavy (non-hydrogen) atoms. The fourth-order valence-corrected chi connectivity index (χ4v) is 3.53. The minimum absolute atomic E-state index is 0. The number of fused-ring (bicyclic) bond motifs is 1. The molecular formula is C18H21BrClNO2. The van der Waals surface area contributed by atoms with E-state index in [1.807, 2.05) is 18.2 Å². The summed E-state index contributed by atoms with van der Waals surface area (Å²) in [6.07, 6.45) is 0.777. The van der Waals surface area contributed by atoms with Crippen LogP contribution in [0, 0.1) is 0 Å². The van der Waals surface area contributed by atoms with Gasteiger partial charge >= 0.3 is 0 Å². The van der Waals surface area contributed by atoms with Crippen LogP contribution >= 0.6 is 28.6 Å². The van der Waals surface area contributed by atoms with Gasteiger partial charge in [0, 0.05) is 19.0 Å². The van der Waals surface area contributed by atoms with Gasteiger partial charge in [-0.1, -0.05) is 48.9 Å². The van der Waals surface area contributed by atoms with Gasteiger partial charge in [0.1, 0.15) is 0 Å². The van der Waals surface area contributed by atoms with Crippen molar-refractivity contribution in [1.29, 1.82) is 0 Å². The zero-order valence-electron chi connectivity index (χ0n) is 13.0. The van der Waals surface area contributed by atoms with Gasteiger partial charge in [0.15, 0.2) is 11.5 Å². The molecule has 1 heterocycles. The molecule has 3 rings (SSSR count). The highest BCUT2D eigenvalue weighted by molar-refractivity contribution is 8.93. The Morgan fingerprint density at radius 3 is 2.57 bits per heavy atom. The van der Waals surface area contributed by atoms with Gasteiger partial charge in [-0.3, -0.25) is 0 Å². The SMILES string of the molecule is Br.CCN1CCc2c(cc(O)c(O)c2Cl)C(c2ccccc2)C1. The highest BCUT2D eigenvalue weighted by Crippen LogP contribution is 2.43. The van der Waals surface area contributed by atoms with E-state index in [-0.39, 0.29) is 39.4 Å². The zero-order chi connectivity index (χ0) is 15.7. The van der Waals surface area contributed by atoms with Gasteiger partial charge in [0.25, 0.3) is 0 Å². The van der Waals surface area contributed by atoms with Crippen molar-refractivity contribution in [3.63, 3.8) is 0 Å². The fourth-order valence-electron chi connectivity index (χ4n) is 3.23. The number of halogens is 2. The molecule has 1 unspecified atom stereocenters. The highest BCUT2D eigenvalue weighted by Gasteiger charge is 2.27. The summed E-state index contributed by atoms with van der Waals surface area (Å²) in [7, 11) is 0. The van der Waals surface area contributed by atoms with Crippen molar-refractivity contribution >= 4 is 28.6 Å². The van der Waals surface area contributed by atoms with E-state index in [1.54, 1.807) is 6.07 Å². The molecule has 0 aliphatic carbocycles. The fraction of sp³-hybridized carbons (Fsp3) is 0.333. The first-order valence-electron chi connectivity index (χ1n) is 7.62. The monoisotopic (exact) mass is 397 g/mol. The van der Waals surface area contributed by atoms with E-state index in [1.165, 1.54) is 5.56 Å². The number of rotatable bonds is 2. The second-order valence-electron chi connectivity index (χ2n) is 5.73. The van der Waals surface area contributed by atoms with Gasteiger partial charge in [-0.15, -0.1) is 17.0 Å². The Labute approximate surface area is 152 Å². The molecule has 0 bridgehead atoms. The zero-order valence-corrected chi connectivity index (χ0v) is 15.5. The van der Waals surface area contributed by atoms with Crippen LogP contribution in [0.2, 0.25) is 5.02 Å². The number of nitrogens with zero attached hydrogens (tertiary/aromatic N) is 1. The van der Waals surface area contributed by atoms with Crippen molar-refractivity contribution in [1.82, 2.24) is 4.90 Å². The summed E-state index contributed by atoms with van der Waals surface area (Å²) in [6.45, 7) is 4.90. The van der Waals surface area contributed by atoms with Gasteiger partial charge in [-0.05, 0) is 35.7 Å². The van der Waals surface area contributed by atoms with Gasteiger partial charge in [0.05, 0.1) is 5.02 Å². The number of aromatic hydroxyl groups is 2. The van der Waals surface area contributed by atoms with Crippen LogP contribution in [0.5, 0.6) is 11.5 Å². The average molecular weight is 399 g/mol. The van der Waals surface area contributed by atoms with Crippen molar-refractivity contribution in [3.8, 4) is 11.5 Å². The number of benzene rings is 2. The van der Waals surface area contributed by atoms with Crippen LogP contribution < -0.4 is 0 Å². The van der Waals surface area contributed by atoms with Crippen LogP contribution in [0.25, 0.3) is 0 Å². The standard InChI is InChI=1S/C18H20ClNO2.BrH/c1-2-20-9-8-13-14(10-16(21)18(22)17(13)19)15(11-20)12-6-4-3-5-7-12;/h3-7,10,15,21-22H,2,8-9,11H2,1H3;1H. The van der Waals surface area contributed by atoms with Crippen molar-refractivity contribution in [2.75, 3.05) is 19.6 Å². The quantitative estimate of drug-likeness (QED) is 0.740. The summed E-state index contributed by atoms with van der Waals surface area (Å²) in [4.78, 5) is 2.38. The van der Waals surface area contributed by atoms with E-state index < -0.39 is 0 Å². The van der Waals surface area contributed by atoms with Crippen LogP contribution in [-0.2, 0) is 6.42 Å². The third kappa shape index (κ3) is 3.49. The Balaban J connectivity index is 0.00000192. The Morgan fingerprint density at radius 2 is 1.91 bits per heavy atom. The van der Waals surface area contributed by atoms with Crippen molar-refractivity contribution in [2.45, 2.75) is 19.3 Å². The second kappa shape index (κ2) is 7.56. The Kier molecular flexibility index (Phi) is 5.95. The average Bonchev–Trinajstić information content (AvgIpc) is 2.73. The summed E-state index contributed by atoms with van der Waals surface area (Å²) in [5, 5.41) is 20.2. The minimum Gasteiger partial charge on any atom is -0.504 e. The van der Waals surface area contributed by atoms with Crippen LogP contribution in [0.4, 0.5) is 0 Å². The summed E-state index contributed by atoms with van der Waals surface area (Å²) in [5.74, 6) is -0.213. The van der Waals surface area contributed by atoms with Gasteiger partial charge in [0.2, 0.25) is 0 Å². The molecule has 0 amide bonds. The predicted octanol–water partition coefficient (Wildman–Crippen LogP) is 4.34. The van der Waals surface area contributed by atoms with Gasteiger partial charge < -0.3 is 15.1 Å². The van der Waals surface area contributed by atoms with Crippen LogP contribution in [-0.4, -0.2) is 34.7 Å².